The fourth-order valence-electron chi connectivity index (χ4n) is 4.55. The maximum absolute atomic E-state index is 13.5. The van der Waals surface area contributed by atoms with Gasteiger partial charge in [-0.2, -0.15) is 0 Å². The largest absolute Gasteiger partial charge is 0.503 e. The molecule has 0 saturated carbocycles. The molecule has 1 atom stereocenters. The summed E-state index contributed by atoms with van der Waals surface area (Å²) in [6.45, 7) is 8.42. The SMILES string of the molecule is Cc1ccc(CSc2nnc(N3C(=O)C(O)=C(C(=O)/C=C/c4ccccc4)C3c3ccc(C(C)(C)C)cc3)s2)cc1. The first-order valence-electron chi connectivity index (χ1n) is 13.3. The first-order valence-corrected chi connectivity index (χ1v) is 15.1. The third kappa shape index (κ3) is 6.34. The molecule has 1 amide bonds. The predicted molar refractivity (Wildman–Crippen MR) is 166 cm³/mol. The maximum Gasteiger partial charge on any atom is 0.296 e. The molecule has 0 saturated heterocycles. The van der Waals surface area contributed by atoms with E-state index in [1.807, 2.05) is 61.5 Å². The van der Waals surface area contributed by atoms with E-state index >= 15 is 0 Å². The number of benzene rings is 3. The molecule has 0 fully saturated rings. The van der Waals surface area contributed by atoms with E-state index in [2.05, 4.69) is 55.2 Å². The second kappa shape index (κ2) is 11.8. The molecule has 208 valence electrons. The van der Waals surface area contributed by atoms with Crippen LogP contribution in [0.2, 0.25) is 0 Å². The van der Waals surface area contributed by atoms with Crippen LogP contribution >= 0.6 is 23.1 Å². The van der Waals surface area contributed by atoms with Gasteiger partial charge in [0.2, 0.25) is 5.13 Å². The predicted octanol–water partition coefficient (Wildman–Crippen LogP) is 7.62. The Morgan fingerprint density at radius 1 is 1.00 bits per heavy atom. The average Bonchev–Trinajstić information content (AvgIpc) is 3.53. The monoisotopic (exact) mass is 581 g/mol. The number of aliphatic hydroxyl groups is 1. The molecule has 4 aromatic rings. The molecule has 1 aromatic heterocycles. The van der Waals surface area contributed by atoms with Crippen LogP contribution in [0.3, 0.4) is 0 Å². The lowest BCUT2D eigenvalue weighted by Gasteiger charge is -2.25. The molecule has 5 rings (SSSR count). The molecule has 1 aliphatic heterocycles. The van der Waals surface area contributed by atoms with Gasteiger partial charge in [0, 0.05) is 5.75 Å². The number of nitrogens with zero attached hydrogens (tertiary/aromatic N) is 3. The van der Waals surface area contributed by atoms with Gasteiger partial charge in [-0.15, -0.1) is 10.2 Å². The number of aliphatic hydroxyl groups excluding tert-OH is 1. The lowest BCUT2D eigenvalue weighted by atomic mass is 9.85. The Morgan fingerprint density at radius 3 is 2.34 bits per heavy atom. The van der Waals surface area contributed by atoms with Gasteiger partial charge in [0.1, 0.15) is 0 Å². The smallest absolute Gasteiger partial charge is 0.296 e. The lowest BCUT2D eigenvalue weighted by molar-refractivity contribution is -0.117. The summed E-state index contributed by atoms with van der Waals surface area (Å²) in [7, 11) is 0. The van der Waals surface area contributed by atoms with Crippen LogP contribution in [0.5, 0.6) is 0 Å². The van der Waals surface area contributed by atoms with Gasteiger partial charge in [-0.25, -0.2) is 0 Å². The number of carbonyl (C=O) groups excluding carboxylic acids is 2. The van der Waals surface area contributed by atoms with Crippen molar-refractivity contribution in [3.05, 3.63) is 124 Å². The van der Waals surface area contributed by atoms with Crippen LogP contribution in [0.25, 0.3) is 6.08 Å². The number of ketones is 1. The zero-order chi connectivity index (χ0) is 29.1. The molecule has 1 aliphatic rings. The summed E-state index contributed by atoms with van der Waals surface area (Å²) in [6.07, 6.45) is 3.08. The number of aryl methyl sites for hydroxylation is 1. The molecule has 8 heteroatoms. The average molecular weight is 582 g/mol. The van der Waals surface area contributed by atoms with Crippen molar-refractivity contribution in [1.82, 2.24) is 10.2 Å². The van der Waals surface area contributed by atoms with E-state index < -0.39 is 23.5 Å². The zero-order valence-corrected chi connectivity index (χ0v) is 25.0. The van der Waals surface area contributed by atoms with Crippen LogP contribution < -0.4 is 4.90 Å². The highest BCUT2D eigenvalue weighted by atomic mass is 32.2. The van der Waals surface area contributed by atoms with E-state index in [1.54, 1.807) is 6.08 Å². The van der Waals surface area contributed by atoms with Gasteiger partial charge >= 0.3 is 0 Å². The van der Waals surface area contributed by atoms with Crippen LogP contribution in [-0.2, 0) is 20.8 Å². The molecule has 41 heavy (non-hydrogen) atoms. The van der Waals surface area contributed by atoms with Gasteiger partial charge in [0.25, 0.3) is 5.91 Å². The van der Waals surface area contributed by atoms with Crippen LogP contribution in [0.1, 0.15) is 54.6 Å². The minimum absolute atomic E-state index is 0.0229. The lowest BCUT2D eigenvalue weighted by Crippen LogP contribution is -2.31. The van der Waals surface area contributed by atoms with E-state index in [4.69, 9.17) is 0 Å². The summed E-state index contributed by atoms with van der Waals surface area (Å²) in [6, 6.07) is 24.7. The Hall–Kier alpha value is -4.01. The normalized spacial score (nSPS) is 15.8. The number of rotatable bonds is 8. The number of carbonyl (C=O) groups is 2. The second-order valence-corrected chi connectivity index (χ2v) is 13.1. The highest BCUT2D eigenvalue weighted by Gasteiger charge is 2.45. The van der Waals surface area contributed by atoms with E-state index in [1.165, 1.54) is 39.6 Å². The van der Waals surface area contributed by atoms with E-state index in [0.717, 1.165) is 16.7 Å². The Kier molecular flexibility index (Phi) is 8.24. The number of anilines is 1. The highest BCUT2D eigenvalue weighted by Crippen LogP contribution is 2.43. The number of thioether (sulfide) groups is 1. The van der Waals surface area contributed by atoms with Crippen molar-refractivity contribution in [3.8, 4) is 0 Å². The molecule has 0 radical (unpaired) electrons. The third-order valence-electron chi connectivity index (χ3n) is 6.88. The molecule has 1 N–H and O–H groups in total. The van der Waals surface area contributed by atoms with Gasteiger partial charge < -0.3 is 5.11 Å². The van der Waals surface area contributed by atoms with E-state index in [9.17, 15) is 14.7 Å². The molecule has 3 aromatic carbocycles. The van der Waals surface area contributed by atoms with Crippen molar-refractivity contribution in [1.29, 1.82) is 0 Å². The van der Waals surface area contributed by atoms with Crippen molar-refractivity contribution in [3.63, 3.8) is 0 Å². The van der Waals surface area contributed by atoms with Gasteiger partial charge in [-0.05, 0) is 40.7 Å². The maximum atomic E-state index is 13.5. The summed E-state index contributed by atoms with van der Waals surface area (Å²) >= 11 is 2.80. The van der Waals surface area contributed by atoms with Crippen molar-refractivity contribution < 1.29 is 14.7 Å². The van der Waals surface area contributed by atoms with Crippen LogP contribution in [-0.4, -0.2) is 27.0 Å². The third-order valence-corrected chi connectivity index (χ3v) is 9.00. The minimum Gasteiger partial charge on any atom is -0.503 e. The van der Waals surface area contributed by atoms with Gasteiger partial charge in [0.05, 0.1) is 11.6 Å². The first-order chi connectivity index (χ1) is 19.6. The minimum atomic E-state index is -0.840. The van der Waals surface area contributed by atoms with Crippen molar-refractivity contribution in [2.75, 3.05) is 4.90 Å². The number of hydrogen-bond donors (Lipinski definition) is 1. The number of amides is 1. The van der Waals surface area contributed by atoms with Gasteiger partial charge in [-0.3, -0.25) is 14.5 Å². The van der Waals surface area contributed by atoms with Crippen LogP contribution in [0.15, 0.2) is 101 Å². The van der Waals surface area contributed by atoms with Gasteiger partial charge in [0.15, 0.2) is 15.9 Å². The quantitative estimate of drug-likeness (QED) is 0.131. The summed E-state index contributed by atoms with van der Waals surface area (Å²) in [5.74, 6) is -0.970. The summed E-state index contributed by atoms with van der Waals surface area (Å²) in [5, 5.41) is 20.0. The Balaban J connectivity index is 1.48. The van der Waals surface area contributed by atoms with Crippen molar-refractivity contribution in [2.24, 2.45) is 0 Å². The molecule has 1 unspecified atom stereocenters. The van der Waals surface area contributed by atoms with Crippen molar-refractivity contribution >= 4 is 46.0 Å². The Morgan fingerprint density at radius 2 is 1.68 bits per heavy atom. The molecular weight excluding hydrogens is 551 g/mol. The fraction of sp³-hybridized carbons (Fsp3) is 0.212. The second-order valence-electron chi connectivity index (χ2n) is 10.9. The molecule has 2 heterocycles. The van der Waals surface area contributed by atoms with E-state index in [0.29, 0.717) is 20.8 Å². The Labute approximate surface area is 248 Å². The Bertz CT molecular complexity index is 1620. The van der Waals surface area contributed by atoms with Gasteiger partial charge in [-0.1, -0.05) is 134 Å². The molecular formula is C33H31N3O3S2. The zero-order valence-electron chi connectivity index (χ0n) is 23.4. The van der Waals surface area contributed by atoms with E-state index in [-0.39, 0.29) is 11.0 Å². The fourth-order valence-corrected chi connectivity index (χ4v) is 6.37. The van der Waals surface area contributed by atoms with Crippen LogP contribution in [0.4, 0.5) is 5.13 Å². The standard InChI is InChI=1S/C33H31N3O3S2/c1-21-10-12-23(13-11-21)20-40-32-35-34-31(41-32)36-28(24-15-17-25(18-16-24)33(2,3)4)27(29(38)30(36)39)26(37)19-14-22-8-6-5-7-9-22/h5-19,28,38H,20H2,1-4H3/b19-14+. The summed E-state index contributed by atoms with van der Waals surface area (Å²) in [5.41, 5.74) is 4.97. The molecule has 0 aliphatic carbocycles. The number of aromatic nitrogens is 2. The summed E-state index contributed by atoms with van der Waals surface area (Å²) in [4.78, 5) is 28.4. The highest BCUT2D eigenvalue weighted by molar-refractivity contribution is 8.00. The van der Waals surface area contributed by atoms with Crippen molar-refractivity contribution in [2.45, 2.75) is 49.2 Å². The number of allylic oxidation sites excluding steroid dienone is 1. The molecule has 0 spiro atoms. The van der Waals surface area contributed by atoms with Crippen LogP contribution in [0, 0.1) is 6.92 Å². The number of hydrogen-bond acceptors (Lipinski definition) is 7. The topological polar surface area (TPSA) is 83.4 Å². The first kappa shape index (κ1) is 28.5. The molecule has 0 bridgehead atoms. The summed E-state index contributed by atoms with van der Waals surface area (Å²) < 4.78 is 0.693. The molecule has 6 nitrogen and oxygen atoms in total.